The van der Waals surface area contributed by atoms with E-state index in [1.807, 2.05) is 19.1 Å². The standard InChI is InChI=1S/C20H16N4O/c1-4-16-23-24-20(25-16)19-11(3)17-10(2)18-13(9-15(17)22-19)12-7-5-6-8-14(12)21-18/h5-9H,4H2,1-3H3. The van der Waals surface area contributed by atoms with Gasteiger partial charge in [0.05, 0.1) is 16.7 Å². The molecule has 0 aliphatic carbocycles. The maximum atomic E-state index is 5.72. The Morgan fingerprint density at radius 1 is 1.00 bits per heavy atom. The Kier molecular flexibility index (Phi) is 2.83. The molecule has 0 bridgehead atoms. The maximum Gasteiger partial charge on any atom is 0.266 e. The van der Waals surface area contributed by atoms with E-state index in [-0.39, 0.29) is 0 Å². The lowest BCUT2D eigenvalue weighted by molar-refractivity contribution is 0.493. The van der Waals surface area contributed by atoms with Crippen molar-refractivity contribution < 1.29 is 4.42 Å². The van der Waals surface area contributed by atoms with Crippen molar-refractivity contribution in [3.8, 4) is 0 Å². The van der Waals surface area contributed by atoms with Gasteiger partial charge in [-0.1, -0.05) is 25.1 Å². The van der Waals surface area contributed by atoms with Crippen LogP contribution in [0.5, 0.6) is 0 Å². The summed E-state index contributed by atoms with van der Waals surface area (Å²) in [4.78, 5) is 9.63. The van der Waals surface area contributed by atoms with Gasteiger partial charge >= 0.3 is 0 Å². The van der Waals surface area contributed by atoms with Crippen LogP contribution in [0.25, 0.3) is 5.57 Å². The number of fused-ring (bicyclic) bond motifs is 3. The largest absolute Gasteiger partial charge is 0.419 e. The summed E-state index contributed by atoms with van der Waals surface area (Å²) in [5.41, 5.74) is 4.97. The third kappa shape index (κ3) is 1.89. The van der Waals surface area contributed by atoms with Crippen molar-refractivity contribution in [3.05, 3.63) is 68.7 Å². The fourth-order valence-electron chi connectivity index (χ4n) is 3.64. The summed E-state index contributed by atoms with van der Waals surface area (Å²) >= 11 is 0. The molecular formula is C20H16N4O. The van der Waals surface area contributed by atoms with Crippen molar-refractivity contribution in [2.75, 3.05) is 0 Å². The molecule has 5 rings (SSSR count). The van der Waals surface area contributed by atoms with Gasteiger partial charge in [0.25, 0.3) is 5.89 Å². The Labute approximate surface area is 143 Å². The first-order valence-corrected chi connectivity index (χ1v) is 8.42. The topological polar surface area (TPSA) is 63.6 Å². The first kappa shape index (κ1) is 14.3. The van der Waals surface area contributed by atoms with Crippen molar-refractivity contribution in [1.82, 2.24) is 10.2 Å². The second-order valence-corrected chi connectivity index (χ2v) is 6.36. The van der Waals surface area contributed by atoms with E-state index < -0.39 is 0 Å². The van der Waals surface area contributed by atoms with E-state index in [4.69, 9.17) is 14.4 Å². The average molecular weight is 328 g/mol. The lowest BCUT2D eigenvalue weighted by atomic mass is 10.0. The number of nitrogens with zero attached hydrogens (tertiary/aromatic N) is 4. The zero-order valence-corrected chi connectivity index (χ0v) is 14.3. The SMILES string of the molecule is CCc1nnc(C2=Nc3cc4c(c(C)c3=C2C)N=c2ccccc2=4)o1. The van der Waals surface area contributed by atoms with Crippen molar-refractivity contribution >= 4 is 22.7 Å². The number of para-hydroxylation sites is 1. The number of rotatable bonds is 2. The molecule has 0 amide bonds. The molecule has 0 spiro atoms. The first-order chi connectivity index (χ1) is 12.2. The molecule has 0 saturated heterocycles. The molecule has 0 saturated carbocycles. The Balaban J connectivity index is 1.82. The van der Waals surface area contributed by atoms with Crippen molar-refractivity contribution in [2.45, 2.75) is 27.2 Å². The highest BCUT2D eigenvalue weighted by Crippen LogP contribution is 2.29. The fraction of sp³-hybridized carbons (Fsp3) is 0.200. The van der Waals surface area contributed by atoms with Crippen LogP contribution in [0, 0.1) is 17.4 Å². The smallest absolute Gasteiger partial charge is 0.266 e. The quantitative estimate of drug-likeness (QED) is 0.568. The minimum atomic E-state index is 0.488. The van der Waals surface area contributed by atoms with Gasteiger partial charge in [0.2, 0.25) is 5.89 Å². The van der Waals surface area contributed by atoms with E-state index in [0.29, 0.717) is 11.8 Å². The van der Waals surface area contributed by atoms with Gasteiger partial charge in [0.1, 0.15) is 5.71 Å². The van der Waals surface area contributed by atoms with E-state index in [2.05, 4.69) is 42.2 Å². The van der Waals surface area contributed by atoms with Gasteiger partial charge in [0.15, 0.2) is 0 Å². The monoisotopic (exact) mass is 328 g/mol. The van der Waals surface area contributed by atoms with Crippen molar-refractivity contribution in [2.24, 2.45) is 9.98 Å². The van der Waals surface area contributed by atoms with Crippen molar-refractivity contribution in [3.63, 3.8) is 0 Å². The number of hydrogen-bond acceptors (Lipinski definition) is 5. The van der Waals surface area contributed by atoms with Gasteiger partial charge in [-0.25, -0.2) is 9.98 Å². The number of benzene rings is 2. The van der Waals surface area contributed by atoms with Gasteiger partial charge in [-0.3, -0.25) is 0 Å². The summed E-state index contributed by atoms with van der Waals surface area (Å²) in [5.74, 6) is 1.12. The van der Waals surface area contributed by atoms with Crippen LogP contribution < -0.4 is 10.6 Å². The van der Waals surface area contributed by atoms with Gasteiger partial charge in [-0.05, 0) is 37.1 Å². The van der Waals surface area contributed by atoms with E-state index in [1.165, 1.54) is 0 Å². The van der Waals surface area contributed by atoms with E-state index in [0.717, 1.165) is 55.7 Å². The Morgan fingerprint density at radius 2 is 1.84 bits per heavy atom. The lowest BCUT2D eigenvalue weighted by Crippen LogP contribution is -2.11. The van der Waals surface area contributed by atoms with Crippen LogP contribution in [0.1, 0.15) is 31.2 Å². The van der Waals surface area contributed by atoms with E-state index >= 15 is 0 Å². The molecule has 0 atom stereocenters. The highest BCUT2D eigenvalue weighted by atomic mass is 16.4. The normalized spacial score (nSPS) is 14.0. The summed E-state index contributed by atoms with van der Waals surface area (Å²) in [6, 6.07) is 10.4. The molecule has 2 aromatic carbocycles. The molecule has 0 N–H and O–H groups in total. The van der Waals surface area contributed by atoms with E-state index in [9.17, 15) is 0 Å². The van der Waals surface area contributed by atoms with Gasteiger partial charge in [0, 0.05) is 22.1 Å². The molecule has 3 heterocycles. The predicted molar refractivity (Wildman–Crippen MR) is 94.7 cm³/mol. The van der Waals surface area contributed by atoms with E-state index in [1.54, 1.807) is 0 Å². The van der Waals surface area contributed by atoms with Crippen LogP contribution in [-0.4, -0.2) is 15.9 Å². The molecule has 5 nitrogen and oxygen atoms in total. The summed E-state index contributed by atoms with van der Waals surface area (Å²) in [6.07, 6.45) is 0.718. The third-order valence-corrected chi connectivity index (χ3v) is 4.88. The minimum absolute atomic E-state index is 0.488. The molecule has 3 aromatic rings. The molecule has 25 heavy (non-hydrogen) atoms. The molecule has 0 unspecified atom stereocenters. The fourth-order valence-corrected chi connectivity index (χ4v) is 3.64. The van der Waals surface area contributed by atoms with Crippen LogP contribution in [0.15, 0.2) is 44.7 Å². The first-order valence-electron chi connectivity index (χ1n) is 8.42. The summed E-state index contributed by atoms with van der Waals surface area (Å²) in [6.45, 7) is 6.16. The Hall–Kier alpha value is -3.08. The number of hydrogen-bond donors (Lipinski definition) is 0. The average Bonchev–Trinajstić information content (AvgIpc) is 3.31. The lowest BCUT2D eigenvalue weighted by Gasteiger charge is -2.02. The summed E-state index contributed by atoms with van der Waals surface area (Å²) < 4.78 is 5.72. The summed E-state index contributed by atoms with van der Waals surface area (Å²) in [5, 5.41) is 12.7. The minimum Gasteiger partial charge on any atom is -0.419 e. The van der Waals surface area contributed by atoms with Crippen LogP contribution in [-0.2, 0) is 6.42 Å². The zero-order valence-electron chi connectivity index (χ0n) is 14.3. The van der Waals surface area contributed by atoms with Gasteiger partial charge in [-0.2, -0.15) is 0 Å². The Bertz CT molecular complexity index is 1300. The molecule has 5 heteroatoms. The Morgan fingerprint density at radius 3 is 2.64 bits per heavy atom. The number of aryl methyl sites for hydroxylation is 1. The van der Waals surface area contributed by atoms with Crippen LogP contribution >= 0.6 is 0 Å². The third-order valence-electron chi connectivity index (χ3n) is 4.88. The highest BCUT2D eigenvalue weighted by molar-refractivity contribution is 6.28. The second kappa shape index (κ2) is 4.96. The van der Waals surface area contributed by atoms with Gasteiger partial charge in [-0.15, -0.1) is 10.2 Å². The maximum absolute atomic E-state index is 5.72. The second-order valence-electron chi connectivity index (χ2n) is 6.36. The highest BCUT2D eigenvalue weighted by Gasteiger charge is 2.23. The van der Waals surface area contributed by atoms with Crippen LogP contribution in [0.3, 0.4) is 0 Å². The summed E-state index contributed by atoms with van der Waals surface area (Å²) in [7, 11) is 0. The molecule has 1 aromatic heterocycles. The molecular weight excluding hydrogens is 312 g/mol. The number of aromatic nitrogens is 2. The number of aliphatic imine (C=N–C) groups is 1. The molecule has 122 valence electrons. The predicted octanol–water partition coefficient (Wildman–Crippen LogP) is 2.80. The van der Waals surface area contributed by atoms with Crippen LogP contribution in [0.4, 0.5) is 11.4 Å². The molecule has 2 aliphatic heterocycles. The van der Waals surface area contributed by atoms with Crippen molar-refractivity contribution in [1.29, 1.82) is 0 Å². The van der Waals surface area contributed by atoms with Gasteiger partial charge < -0.3 is 4.42 Å². The van der Waals surface area contributed by atoms with Crippen LogP contribution in [0.2, 0.25) is 0 Å². The molecule has 0 fully saturated rings. The molecule has 2 aliphatic rings. The molecule has 0 radical (unpaired) electrons. The zero-order chi connectivity index (χ0) is 17.1.